The molecule has 0 rings (SSSR count). The first-order chi connectivity index (χ1) is 29.3. The molecule has 25 heteroatoms. The van der Waals surface area contributed by atoms with Gasteiger partial charge in [0.2, 0.25) is 53.2 Å². The Morgan fingerprint density at radius 3 is 1.13 bits per heavy atom. The molecule has 0 aliphatic heterocycles. The minimum atomic E-state index is -1.73. The molecule has 0 aromatic carbocycles. The summed E-state index contributed by atoms with van der Waals surface area (Å²) in [5.41, 5.74) is 22.1. The lowest BCUT2D eigenvalue weighted by Crippen LogP contribution is -2.59. The van der Waals surface area contributed by atoms with E-state index in [0.717, 1.165) is 0 Å². The average molecular weight is 901 g/mol. The lowest BCUT2D eigenvalue weighted by molar-refractivity contribution is -0.142. The Bertz CT molecular complexity index is 1610. The summed E-state index contributed by atoms with van der Waals surface area (Å²) in [6.07, 6.45) is 0.879. The van der Waals surface area contributed by atoms with Crippen LogP contribution in [0.15, 0.2) is 0 Å². The summed E-state index contributed by atoms with van der Waals surface area (Å²) in [4.78, 5) is 139. The van der Waals surface area contributed by atoms with Crippen molar-refractivity contribution in [1.82, 2.24) is 42.5 Å². The van der Waals surface area contributed by atoms with Crippen LogP contribution in [-0.2, 0) is 52.7 Å². The second-order valence-corrected chi connectivity index (χ2v) is 15.6. The Balaban J connectivity index is 5.69. The van der Waals surface area contributed by atoms with E-state index in [-0.39, 0.29) is 18.8 Å². The monoisotopic (exact) mass is 901 g/mol. The number of nitrogens with two attached hydrogens (primary N) is 4. The summed E-state index contributed by atoms with van der Waals surface area (Å²) < 4.78 is 0. The van der Waals surface area contributed by atoms with Crippen molar-refractivity contribution in [3.8, 4) is 0 Å². The SMILES string of the molecule is CC(C)C[C@H](NC(=O)[C@H](C)NC(=O)[C@H](C)NC(=O)[C@H](CC(=O)O)NC(=O)[C@H](C)NC(=O)[C@@H](N)CCCCN)C(=O)N[C@@H](CC(=O)O)C(=O)N[C@@H](C)C(=O)N[C@@H](CCCCN)C(N)=O. The molecule has 0 radical (unpaired) electrons. The van der Waals surface area contributed by atoms with Gasteiger partial charge >= 0.3 is 11.9 Å². The molecule has 9 atom stereocenters. The van der Waals surface area contributed by atoms with Crippen LogP contribution in [0.5, 0.6) is 0 Å². The van der Waals surface area contributed by atoms with Crippen molar-refractivity contribution in [3.05, 3.63) is 0 Å². The van der Waals surface area contributed by atoms with Gasteiger partial charge in [0.05, 0.1) is 18.9 Å². The second kappa shape index (κ2) is 29.4. The van der Waals surface area contributed by atoms with Crippen LogP contribution in [0.4, 0.5) is 0 Å². The number of unbranched alkanes of at least 4 members (excludes halogenated alkanes) is 2. The molecule has 0 fully saturated rings. The third-order valence-corrected chi connectivity index (χ3v) is 9.28. The fourth-order valence-electron chi connectivity index (χ4n) is 5.60. The van der Waals surface area contributed by atoms with Crippen LogP contribution in [-0.4, -0.2) is 143 Å². The van der Waals surface area contributed by atoms with Crippen LogP contribution < -0.4 is 65.5 Å². The van der Waals surface area contributed by atoms with Gasteiger partial charge in [0.15, 0.2) is 0 Å². The number of carbonyl (C=O) groups is 11. The van der Waals surface area contributed by atoms with Crippen molar-refractivity contribution in [2.75, 3.05) is 13.1 Å². The van der Waals surface area contributed by atoms with Crippen molar-refractivity contribution in [3.63, 3.8) is 0 Å². The van der Waals surface area contributed by atoms with Crippen molar-refractivity contribution in [2.45, 2.75) is 154 Å². The first kappa shape index (κ1) is 57.1. The lowest BCUT2D eigenvalue weighted by atomic mass is 10.0. The van der Waals surface area contributed by atoms with Gasteiger partial charge in [-0.2, -0.15) is 0 Å². The van der Waals surface area contributed by atoms with Crippen molar-refractivity contribution < 1.29 is 63.0 Å². The number of amides is 9. The minimum absolute atomic E-state index is 0.0236. The highest BCUT2D eigenvalue weighted by Crippen LogP contribution is 2.08. The molecule has 0 heterocycles. The molecule has 0 aromatic rings. The Morgan fingerprint density at radius 1 is 0.429 bits per heavy atom. The van der Waals surface area contributed by atoms with Gasteiger partial charge in [0.25, 0.3) is 0 Å². The van der Waals surface area contributed by atoms with Crippen LogP contribution in [0.2, 0.25) is 0 Å². The molecule has 0 bridgehead atoms. The largest absolute Gasteiger partial charge is 0.481 e. The lowest BCUT2D eigenvalue weighted by Gasteiger charge is -2.26. The van der Waals surface area contributed by atoms with Crippen LogP contribution in [0, 0.1) is 5.92 Å². The predicted octanol–water partition coefficient (Wildman–Crippen LogP) is -4.99. The van der Waals surface area contributed by atoms with Crippen LogP contribution >= 0.6 is 0 Å². The molecule has 0 unspecified atom stereocenters. The van der Waals surface area contributed by atoms with E-state index in [1.54, 1.807) is 13.8 Å². The van der Waals surface area contributed by atoms with Crippen molar-refractivity contribution in [2.24, 2.45) is 28.9 Å². The number of aliphatic carboxylic acids is 2. The number of primary amides is 1. The first-order valence-corrected chi connectivity index (χ1v) is 20.7. The summed E-state index contributed by atoms with van der Waals surface area (Å²) in [5, 5.41) is 37.5. The predicted molar refractivity (Wildman–Crippen MR) is 225 cm³/mol. The van der Waals surface area contributed by atoms with E-state index < -0.39 is 132 Å². The summed E-state index contributed by atoms with van der Waals surface area (Å²) in [6, 6.07) is -12.1. The number of carboxylic acid groups (broad SMARTS) is 2. The van der Waals surface area contributed by atoms with E-state index >= 15 is 0 Å². The number of hydrogen-bond donors (Lipinski definition) is 14. The number of carboxylic acids is 2. The molecule has 0 spiro atoms. The van der Waals surface area contributed by atoms with Gasteiger partial charge in [-0.05, 0) is 85.2 Å². The van der Waals surface area contributed by atoms with Crippen LogP contribution in [0.25, 0.3) is 0 Å². The van der Waals surface area contributed by atoms with E-state index in [0.29, 0.717) is 45.2 Å². The average Bonchev–Trinajstić information content (AvgIpc) is 3.18. The number of rotatable bonds is 31. The van der Waals surface area contributed by atoms with Crippen LogP contribution in [0.3, 0.4) is 0 Å². The smallest absolute Gasteiger partial charge is 0.305 e. The zero-order valence-electron chi connectivity index (χ0n) is 36.7. The molecule has 25 nitrogen and oxygen atoms in total. The summed E-state index contributed by atoms with van der Waals surface area (Å²) in [6.45, 7) is 9.17. The standard InChI is InChI=1S/C38H68N12O13/c1-18(2)15-25(38(63)50-27(17-29(53)54)37(62)46-22(6)32(57)47-24(30(42)55)12-8-10-14-40)48-33(58)20(4)43-31(56)19(3)45-36(61)26(16-28(51)52)49-34(59)21(5)44-35(60)23(41)11-7-9-13-39/h18-27H,7-17,39-41H2,1-6H3,(H2,42,55)(H,43,56)(H,44,60)(H,45,61)(H,46,62)(H,47,57)(H,48,58)(H,49,59)(H,50,63)(H,51,52)(H,53,54)/t19-,20-,21-,22-,23-,24-,25-,26-,27-/m0/s1. The van der Waals surface area contributed by atoms with E-state index in [1.807, 2.05) is 0 Å². The molecular weight excluding hydrogens is 832 g/mol. The van der Waals surface area contributed by atoms with E-state index in [2.05, 4.69) is 42.5 Å². The van der Waals surface area contributed by atoms with Gasteiger partial charge in [-0.1, -0.05) is 20.3 Å². The highest BCUT2D eigenvalue weighted by atomic mass is 16.4. The Kier molecular flexibility index (Phi) is 26.6. The molecule has 0 aliphatic carbocycles. The molecule has 0 aliphatic rings. The van der Waals surface area contributed by atoms with Gasteiger partial charge in [0, 0.05) is 0 Å². The third-order valence-electron chi connectivity index (χ3n) is 9.28. The van der Waals surface area contributed by atoms with Gasteiger partial charge in [0.1, 0.15) is 48.3 Å². The third kappa shape index (κ3) is 23.2. The molecule has 9 amide bonds. The second-order valence-electron chi connectivity index (χ2n) is 15.6. The first-order valence-electron chi connectivity index (χ1n) is 20.7. The Labute approximate surface area is 365 Å². The molecular formula is C38H68N12O13. The van der Waals surface area contributed by atoms with E-state index in [1.165, 1.54) is 27.7 Å². The van der Waals surface area contributed by atoms with Gasteiger partial charge in [-0.3, -0.25) is 52.7 Å². The fraction of sp³-hybridized carbons (Fsp3) is 0.711. The quantitative estimate of drug-likeness (QED) is 0.0290. The maximum Gasteiger partial charge on any atom is 0.305 e. The Morgan fingerprint density at radius 2 is 0.746 bits per heavy atom. The molecule has 0 saturated carbocycles. The normalized spacial score (nSPS) is 15.3. The minimum Gasteiger partial charge on any atom is -0.481 e. The van der Waals surface area contributed by atoms with Crippen molar-refractivity contribution in [1.29, 1.82) is 0 Å². The van der Waals surface area contributed by atoms with E-state index in [9.17, 15) is 63.0 Å². The molecule has 63 heavy (non-hydrogen) atoms. The summed E-state index contributed by atoms with van der Waals surface area (Å²) in [5.74, 6) is -11.4. The number of nitrogens with one attached hydrogen (secondary N) is 8. The van der Waals surface area contributed by atoms with Crippen LogP contribution in [0.1, 0.15) is 99.3 Å². The topological polar surface area (TPSA) is 429 Å². The highest BCUT2D eigenvalue weighted by molar-refractivity contribution is 5.99. The maximum absolute atomic E-state index is 13.5. The Hall–Kier alpha value is -5.95. The van der Waals surface area contributed by atoms with Gasteiger partial charge < -0.3 is 75.7 Å². The zero-order chi connectivity index (χ0) is 48.6. The van der Waals surface area contributed by atoms with Gasteiger partial charge in [-0.15, -0.1) is 0 Å². The van der Waals surface area contributed by atoms with Crippen molar-refractivity contribution >= 4 is 65.1 Å². The number of hydrogen-bond acceptors (Lipinski definition) is 14. The summed E-state index contributed by atoms with van der Waals surface area (Å²) in [7, 11) is 0. The molecule has 0 saturated heterocycles. The highest BCUT2D eigenvalue weighted by Gasteiger charge is 2.33. The summed E-state index contributed by atoms with van der Waals surface area (Å²) >= 11 is 0. The molecule has 0 aromatic heterocycles. The van der Waals surface area contributed by atoms with Gasteiger partial charge in [-0.25, -0.2) is 0 Å². The maximum atomic E-state index is 13.5. The number of carbonyl (C=O) groups excluding carboxylic acids is 9. The molecule has 18 N–H and O–H groups in total. The zero-order valence-corrected chi connectivity index (χ0v) is 36.7. The fourth-order valence-corrected chi connectivity index (χ4v) is 5.60. The molecule has 358 valence electrons. The van der Waals surface area contributed by atoms with E-state index in [4.69, 9.17) is 22.9 Å².